The van der Waals surface area contributed by atoms with Crippen molar-refractivity contribution in [3.8, 4) is 0 Å². The van der Waals surface area contributed by atoms with Crippen molar-refractivity contribution in [2.75, 3.05) is 112 Å². The molecule has 2 aliphatic rings. The highest BCUT2D eigenvalue weighted by Gasteiger charge is 2.34. The normalized spacial score (nSPS) is 19.3. The first-order valence-electron chi connectivity index (χ1n) is 27.2. The van der Waals surface area contributed by atoms with Crippen LogP contribution in [0, 0.1) is 0 Å². The van der Waals surface area contributed by atoms with E-state index in [1.807, 2.05) is 149 Å². The summed E-state index contributed by atoms with van der Waals surface area (Å²) in [5.41, 5.74) is 4.10. The van der Waals surface area contributed by atoms with Gasteiger partial charge in [0.15, 0.2) is 11.6 Å². The topological polar surface area (TPSA) is 168 Å². The first kappa shape index (κ1) is 63.1. The number of hydrogen-bond donors (Lipinski definition) is 1. The molecule has 17 nitrogen and oxygen atoms in total. The first-order chi connectivity index (χ1) is 38.0. The van der Waals surface area contributed by atoms with Crippen molar-refractivity contribution in [1.82, 2.24) is 0 Å². The summed E-state index contributed by atoms with van der Waals surface area (Å²) in [6.45, 7) is 16.8. The fourth-order valence-corrected chi connectivity index (χ4v) is 8.13. The second-order valence-electron chi connectivity index (χ2n) is 20.2. The highest BCUT2D eigenvalue weighted by Crippen LogP contribution is 2.24. The maximum Gasteiger partial charge on any atom is 0.163 e. The molecule has 0 radical (unpaired) electrons. The van der Waals surface area contributed by atoms with Gasteiger partial charge in [0, 0.05) is 0 Å². The van der Waals surface area contributed by atoms with E-state index in [1.54, 1.807) is 6.08 Å². The number of hydrogen-bond acceptors (Lipinski definition) is 17. The van der Waals surface area contributed by atoms with Crippen molar-refractivity contribution in [3.05, 3.63) is 156 Å². The largest absolute Gasteiger partial charge is 0.388 e. The smallest absolute Gasteiger partial charge is 0.163 e. The summed E-state index contributed by atoms with van der Waals surface area (Å²) in [5.74, 6) is -1.31. The van der Waals surface area contributed by atoms with E-state index in [0.717, 1.165) is 22.3 Å². The molecule has 2 saturated heterocycles. The van der Waals surface area contributed by atoms with Crippen LogP contribution < -0.4 is 0 Å². The summed E-state index contributed by atoms with van der Waals surface area (Å²) in [4.78, 5) is 0. The maximum absolute atomic E-state index is 11.3. The number of benzene rings is 4. The van der Waals surface area contributed by atoms with Gasteiger partial charge in [0.05, 0.1) is 139 Å². The minimum atomic E-state index is -0.987. The van der Waals surface area contributed by atoms with Crippen LogP contribution in [0.25, 0.3) is 0 Å². The maximum atomic E-state index is 11.3. The Morgan fingerprint density at radius 1 is 0.423 bits per heavy atom. The lowest BCUT2D eigenvalue weighted by Gasteiger charge is -2.25. The zero-order valence-electron chi connectivity index (χ0n) is 46.3. The van der Waals surface area contributed by atoms with Crippen LogP contribution in [-0.2, 0) is 102 Å². The second-order valence-corrected chi connectivity index (χ2v) is 20.2. The summed E-state index contributed by atoms with van der Waals surface area (Å²) in [7, 11) is 0. The fourth-order valence-electron chi connectivity index (χ4n) is 8.13. The molecular formula is C61H86O17. The van der Waals surface area contributed by atoms with Crippen LogP contribution in [0.4, 0.5) is 0 Å². The standard InChI is InChI=1S/C61H86O17/c1-6-27-63-34-53(70-28-48-19-11-7-12-20-48)36-65-37-55(72-30-50-23-15-9-16-24-50)38-66-42-57(43-67-39-56(73-31-51-25-17-10-18-26-51)41-69-45-59-47-76-61(4,5)78-59)74-33-52(62)32-64-35-54(71-29-49-21-13-8-14-22-49)40-68-44-58-46-75-60(2,3)77-58/h6-26,52-59,62H,1,27-47H2,2-5H3. The third kappa shape index (κ3) is 26.9. The van der Waals surface area contributed by atoms with Crippen molar-refractivity contribution in [2.45, 2.75) is 115 Å². The van der Waals surface area contributed by atoms with E-state index < -0.39 is 42.1 Å². The minimum absolute atomic E-state index is 0.0194. The third-order valence-electron chi connectivity index (χ3n) is 12.2. The van der Waals surface area contributed by atoms with Gasteiger partial charge in [-0.15, -0.1) is 6.58 Å². The highest BCUT2D eigenvalue weighted by molar-refractivity contribution is 5.15. The molecule has 1 N–H and O–H groups in total. The molecule has 2 aliphatic heterocycles. The van der Waals surface area contributed by atoms with Crippen LogP contribution in [-0.4, -0.2) is 178 Å². The van der Waals surface area contributed by atoms with Gasteiger partial charge >= 0.3 is 0 Å². The molecule has 0 spiro atoms. The van der Waals surface area contributed by atoms with E-state index in [2.05, 4.69) is 6.58 Å². The average molecular weight is 1090 g/mol. The van der Waals surface area contributed by atoms with Crippen LogP contribution in [0.15, 0.2) is 134 Å². The summed E-state index contributed by atoms with van der Waals surface area (Å²) in [6.07, 6.45) is -1.93. The molecule has 2 fully saturated rings. The average Bonchev–Trinajstić information content (AvgIpc) is 3.99. The predicted octanol–water partition coefficient (Wildman–Crippen LogP) is 7.68. The first-order valence-corrected chi connectivity index (χ1v) is 27.2. The molecule has 8 unspecified atom stereocenters. The second kappa shape index (κ2) is 36.3. The SMILES string of the molecule is C=CCOCC(COCC(COCC(COCC(COCC1COC(C)(C)O1)OCc1ccccc1)OCC(O)COCC(COCC1COC(C)(C)O1)OCc1ccccc1)OCc1ccccc1)OCc1ccccc1. The molecule has 432 valence electrons. The van der Waals surface area contributed by atoms with Gasteiger partial charge in [0.2, 0.25) is 0 Å². The molecule has 0 bridgehead atoms. The lowest BCUT2D eigenvalue weighted by atomic mass is 10.2. The lowest BCUT2D eigenvalue weighted by Crippen LogP contribution is -2.36. The van der Waals surface area contributed by atoms with E-state index in [4.69, 9.17) is 75.8 Å². The number of aliphatic hydroxyl groups excluding tert-OH is 1. The molecule has 2 heterocycles. The minimum Gasteiger partial charge on any atom is -0.388 e. The molecule has 0 saturated carbocycles. The van der Waals surface area contributed by atoms with E-state index in [1.165, 1.54) is 0 Å². The summed E-state index contributed by atoms with van der Waals surface area (Å²) in [6, 6.07) is 39.7. The lowest BCUT2D eigenvalue weighted by molar-refractivity contribution is -0.150. The van der Waals surface area contributed by atoms with E-state index >= 15 is 0 Å². The van der Waals surface area contributed by atoms with Gasteiger partial charge in [0.25, 0.3) is 0 Å². The Kier molecular flexibility index (Phi) is 29.4. The molecule has 17 heteroatoms. The van der Waals surface area contributed by atoms with Crippen molar-refractivity contribution in [3.63, 3.8) is 0 Å². The summed E-state index contributed by atoms with van der Waals surface area (Å²) < 4.78 is 97.8. The molecule has 8 atom stereocenters. The molecule has 0 aliphatic carbocycles. The molecule has 78 heavy (non-hydrogen) atoms. The van der Waals surface area contributed by atoms with Crippen molar-refractivity contribution >= 4 is 0 Å². The van der Waals surface area contributed by atoms with Gasteiger partial charge in [-0.05, 0) is 49.9 Å². The zero-order chi connectivity index (χ0) is 54.9. The van der Waals surface area contributed by atoms with Gasteiger partial charge in [-0.25, -0.2) is 0 Å². The van der Waals surface area contributed by atoms with Gasteiger partial charge in [-0.3, -0.25) is 0 Å². The van der Waals surface area contributed by atoms with E-state index in [0.29, 0.717) is 66.1 Å². The Morgan fingerprint density at radius 2 is 0.718 bits per heavy atom. The van der Waals surface area contributed by atoms with Gasteiger partial charge in [0.1, 0.15) is 48.8 Å². The zero-order valence-corrected chi connectivity index (χ0v) is 46.3. The van der Waals surface area contributed by atoms with Crippen molar-refractivity contribution < 1.29 is 80.9 Å². The predicted molar refractivity (Wildman–Crippen MR) is 292 cm³/mol. The molecule has 4 aromatic rings. The Balaban J connectivity index is 1.05. The van der Waals surface area contributed by atoms with Crippen LogP contribution in [0.3, 0.4) is 0 Å². The number of rotatable bonds is 43. The van der Waals surface area contributed by atoms with Gasteiger partial charge in [-0.2, -0.15) is 0 Å². The Labute approximate surface area is 462 Å². The van der Waals surface area contributed by atoms with Crippen molar-refractivity contribution in [2.24, 2.45) is 0 Å². The molecule has 0 amide bonds. The fraction of sp³-hybridized carbons (Fsp3) is 0.574. The monoisotopic (exact) mass is 1090 g/mol. The Bertz CT molecular complexity index is 2120. The highest BCUT2D eigenvalue weighted by atomic mass is 16.8. The third-order valence-corrected chi connectivity index (χ3v) is 12.2. The summed E-state index contributed by atoms with van der Waals surface area (Å²) in [5, 5.41) is 11.3. The molecule has 0 aromatic heterocycles. The van der Waals surface area contributed by atoms with Crippen LogP contribution in [0.5, 0.6) is 0 Å². The van der Waals surface area contributed by atoms with Crippen LogP contribution >= 0.6 is 0 Å². The summed E-state index contributed by atoms with van der Waals surface area (Å²) >= 11 is 0. The van der Waals surface area contributed by atoms with Gasteiger partial charge < -0.3 is 80.9 Å². The van der Waals surface area contributed by atoms with Crippen LogP contribution in [0.1, 0.15) is 49.9 Å². The Morgan fingerprint density at radius 3 is 1.03 bits per heavy atom. The Hall–Kier alpha value is -4.06. The van der Waals surface area contributed by atoms with Gasteiger partial charge in [-0.1, -0.05) is 127 Å². The van der Waals surface area contributed by atoms with E-state index in [9.17, 15) is 5.11 Å². The van der Waals surface area contributed by atoms with E-state index in [-0.39, 0.29) is 91.0 Å². The quantitative estimate of drug-likeness (QED) is 0.0338. The number of ether oxygens (including phenoxy) is 16. The van der Waals surface area contributed by atoms with Crippen LogP contribution in [0.2, 0.25) is 0 Å². The van der Waals surface area contributed by atoms with Crippen molar-refractivity contribution in [1.29, 1.82) is 0 Å². The molecular weight excluding hydrogens is 1000 g/mol. The molecule has 4 aromatic carbocycles. The molecule has 6 rings (SSSR count). The number of aliphatic hydroxyl groups is 1.